The minimum atomic E-state index is 0.313. The fourth-order valence-corrected chi connectivity index (χ4v) is 2.71. The molecule has 0 amide bonds. The molecular formula is C14H25N5. The van der Waals surface area contributed by atoms with Gasteiger partial charge in [-0.25, -0.2) is 4.98 Å². The number of hydrogen-bond acceptors (Lipinski definition) is 5. The molecule has 1 aromatic heterocycles. The van der Waals surface area contributed by atoms with Gasteiger partial charge in [-0.3, -0.25) is 0 Å². The topological polar surface area (TPSA) is 44.3 Å². The summed E-state index contributed by atoms with van der Waals surface area (Å²) in [6.45, 7) is 3.02. The van der Waals surface area contributed by atoms with Gasteiger partial charge in [0.1, 0.15) is 5.82 Å². The molecule has 1 aromatic rings. The smallest absolute Gasteiger partial charge is 0.224 e. The van der Waals surface area contributed by atoms with E-state index in [9.17, 15) is 0 Å². The number of nitrogens with one attached hydrogen (secondary N) is 1. The number of rotatable bonds is 5. The Morgan fingerprint density at radius 2 is 1.95 bits per heavy atom. The predicted octanol–water partition coefficient (Wildman–Crippen LogP) is 1.75. The van der Waals surface area contributed by atoms with Gasteiger partial charge in [0, 0.05) is 37.9 Å². The van der Waals surface area contributed by atoms with Crippen LogP contribution in [0.4, 0.5) is 11.8 Å². The Hall–Kier alpha value is -1.36. The molecule has 0 unspecified atom stereocenters. The molecule has 0 bridgehead atoms. The summed E-state index contributed by atoms with van der Waals surface area (Å²) in [5.74, 6) is 1.68. The van der Waals surface area contributed by atoms with E-state index in [1.54, 1.807) is 0 Å². The second-order valence-corrected chi connectivity index (χ2v) is 5.77. The zero-order chi connectivity index (χ0) is 14.0. The highest BCUT2D eigenvalue weighted by atomic mass is 15.3. The number of anilines is 2. The van der Waals surface area contributed by atoms with Crippen molar-refractivity contribution in [3.05, 3.63) is 11.8 Å². The van der Waals surface area contributed by atoms with Gasteiger partial charge < -0.3 is 15.1 Å². The first-order valence-corrected chi connectivity index (χ1v) is 6.89. The maximum atomic E-state index is 4.54. The van der Waals surface area contributed by atoms with Gasteiger partial charge in [0.15, 0.2) is 0 Å². The fourth-order valence-electron chi connectivity index (χ4n) is 2.71. The van der Waals surface area contributed by atoms with Crippen LogP contribution in [0.25, 0.3) is 0 Å². The van der Waals surface area contributed by atoms with E-state index in [1.165, 1.54) is 19.3 Å². The summed E-state index contributed by atoms with van der Waals surface area (Å²) in [5, 5.41) is 3.02. The Kier molecular flexibility index (Phi) is 3.94. The van der Waals surface area contributed by atoms with Crippen molar-refractivity contribution in [2.45, 2.75) is 31.7 Å². The quantitative estimate of drug-likeness (QED) is 0.877. The van der Waals surface area contributed by atoms with Gasteiger partial charge >= 0.3 is 0 Å². The van der Waals surface area contributed by atoms with Gasteiger partial charge in [-0.05, 0) is 40.3 Å². The van der Waals surface area contributed by atoms with Crippen molar-refractivity contribution in [3.8, 4) is 0 Å². The molecule has 0 aliphatic heterocycles. The Labute approximate surface area is 116 Å². The zero-order valence-corrected chi connectivity index (χ0v) is 12.7. The molecule has 0 aromatic carbocycles. The van der Waals surface area contributed by atoms with Crippen molar-refractivity contribution in [1.29, 1.82) is 0 Å². The first-order chi connectivity index (χ1) is 8.97. The predicted molar refractivity (Wildman–Crippen MR) is 79.9 cm³/mol. The molecule has 5 heteroatoms. The van der Waals surface area contributed by atoms with Crippen LogP contribution in [0, 0.1) is 6.92 Å². The number of likely N-dealkylation sites (N-methyl/N-ethyl adjacent to an activating group) is 2. The minimum Gasteiger partial charge on any atom is -0.358 e. The van der Waals surface area contributed by atoms with Crippen LogP contribution in [-0.2, 0) is 0 Å². The standard InChI is InChI=1S/C14H25N5/c1-11-9-12(17-13(15-2)16-11)19(5)10-14(18(3)4)7-6-8-14/h9H,6-8,10H2,1-5H3,(H,15,16,17). The molecule has 1 aliphatic carbocycles. The van der Waals surface area contributed by atoms with Crippen molar-refractivity contribution < 1.29 is 0 Å². The molecule has 1 fully saturated rings. The summed E-state index contributed by atoms with van der Waals surface area (Å²) >= 11 is 0. The lowest BCUT2D eigenvalue weighted by Crippen LogP contribution is -2.56. The second-order valence-electron chi connectivity index (χ2n) is 5.77. The summed E-state index contributed by atoms with van der Waals surface area (Å²) in [6.07, 6.45) is 3.87. The molecule has 106 valence electrons. The van der Waals surface area contributed by atoms with Crippen LogP contribution in [0.2, 0.25) is 0 Å². The number of hydrogen-bond donors (Lipinski definition) is 1. The van der Waals surface area contributed by atoms with E-state index in [0.29, 0.717) is 11.5 Å². The lowest BCUT2D eigenvalue weighted by Gasteiger charge is -2.49. The number of aryl methyl sites for hydroxylation is 1. The van der Waals surface area contributed by atoms with Gasteiger partial charge in [0.25, 0.3) is 0 Å². The molecule has 0 radical (unpaired) electrons. The molecule has 2 rings (SSSR count). The summed E-state index contributed by atoms with van der Waals surface area (Å²) in [4.78, 5) is 13.5. The summed E-state index contributed by atoms with van der Waals surface area (Å²) in [6, 6.07) is 2.04. The Bertz CT molecular complexity index is 439. The molecule has 0 spiro atoms. The van der Waals surface area contributed by atoms with Gasteiger partial charge in [-0.15, -0.1) is 0 Å². The van der Waals surface area contributed by atoms with E-state index in [2.05, 4.69) is 46.2 Å². The first-order valence-electron chi connectivity index (χ1n) is 6.89. The number of aromatic nitrogens is 2. The third-order valence-electron chi connectivity index (χ3n) is 4.22. The molecule has 19 heavy (non-hydrogen) atoms. The maximum Gasteiger partial charge on any atom is 0.224 e. The number of nitrogens with zero attached hydrogens (tertiary/aromatic N) is 4. The zero-order valence-electron chi connectivity index (χ0n) is 12.7. The first kappa shape index (κ1) is 14.1. The molecule has 0 atom stereocenters. The van der Waals surface area contributed by atoms with Gasteiger partial charge in [-0.2, -0.15) is 4.98 Å². The molecule has 0 saturated heterocycles. The minimum absolute atomic E-state index is 0.313. The highest BCUT2D eigenvalue weighted by Crippen LogP contribution is 2.37. The highest BCUT2D eigenvalue weighted by molar-refractivity contribution is 5.44. The van der Waals surface area contributed by atoms with Gasteiger partial charge in [-0.1, -0.05) is 0 Å². The highest BCUT2D eigenvalue weighted by Gasteiger charge is 2.40. The Morgan fingerprint density at radius 1 is 1.26 bits per heavy atom. The largest absolute Gasteiger partial charge is 0.358 e. The average Bonchev–Trinajstić information content (AvgIpc) is 2.32. The Balaban J connectivity index is 2.15. The second kappa shape index (κ2) is 5.33. The van der Waals surface area contributed by atoms with Crippen LogP contribution in [0.3, 0.4) is 0 Å². The molecule has 1 N–H and O–H groups in total. The van der Waals surface area contributed by atoms with Crippen molar-refractivity contribution >= 4 is 11.8 Å². The fraction of sp³-hybridized carbons (Fsp3) is 0.714. The molecule has 1 heterocycles. The van der Waals surface area contributed by atoms with Gasteiger partial charge in [0.05, 0.1) is 0 Å². The van der Waals surface area contributed by atoms with E-state index in [1.807, 2.05) is 20.0 Å². The van der Waals surface area contributed by atoms with Crippen molar-refractivity contribution in [1.82, 2.24) is 14.9 Å². The van der Waals surface area contributed by atoms with E-state index < -0.39 is 0 Å². The molecule has 5 nitrogen and oxygen atoms in total. The van der Waals surface area contributed by atoms with E-state index in [0.717, 1.165) is 18.1 Å². The summed E-state index contributed by atoms with van der Waals surface area (Å²) < 4.78 is 0. The van der Waals surface area contributed by atoms with Crippen LogP contribution < -0.4 is 10.2 Å². The normalized spacial score (nSPS) is 17.2. The lowest BCUT2D eigenvalue weighted by atomic mass is 9.75. The van der Waals surface area contributed by atoms with Crippen molar-refractivity contribution in [3.63, 3.8) is 0 Å². The van der Waals surface area contributed by atoms with E-state index >= 15 is 0 Å². The van der Waals surface area contributed by atoms with Crippen molar-refractivity contribution in [2.75, 3.05) is 45.0 Å². The van der Waals surface area contributed by atoms with Crippen LogP contribution in [-0.4, -0.2) is 55.1 Å². The van der Waals surface area contributed by atoms with Crippen LogP contribution in [0.5, 0.6) is 0 Å². The van der Waals surface area contributed by atoms with Gasteiger partial charge in [0.2, 0.25) is 5.95 Å². The van der Waals surface area contributed by atoms with Crippen molar-refractivity contribution in [2.24, 2.45) is 0 Å². The third kappa shape index (κ3) is 2.81. The Morgan fingerprint density at radius 3 is 2.42 bits per heavy atom. The lowest BCUT2D eigenvalue weighted by molar-refractivity contribution is 0.0682. The monoisotopic (exact) mass is 263 g/mol. The SMILES string of the molecule is CNc1nc(C)cc(N(C)CC2(N(C)C)CCC2)n1. The van der Waals surface area contributed by atoms with Crippen LogP contribution in [0.15, 0.2) is 6.07 Å². The van der Waals surface area contributed by atoms with E-state index in [-0.39, 0.29) is 0 Å². The summed E-state index contributed by atoms with van der Waals surface area (Å²) in [5.41, 5.74) is 1.31. The third-order valence-corrected chi connectivity index (χ3v) is 4.22. The van der Waals surface area contributed by atoms with Crippen LogP contribution >= 0.6 is 0 Å². The average molecular weight is 263 g/mol. The summed E-state index contributed by atoms with van der Waals surface area (Å²) in [7, 11) is 8.32. The molecular weight excluding hydrogens is 238 g/mol. The van der Waals surface area contributed by atoms with E-state index in [4.69, 9.17) is 0 Å². The molecule has 1 saturated carbocycles. The van der Waals surface area contributed by atoms with Crippen LogP contribution in [0.1, 0.15) is 25.0 Å². The maximum absolute atomic E-state index is 4.54. The molecule has 1 aliphatic rings.